The maximum absolute atomic E-state index is 11.3. The van der Waals surface area contributed by atoms with Crippen LogP contribution in [0.5, 0.6) is 0 Å². The van der Waals surface area contributed by atoms with Crippen LogP contribution < -0.4 is 5.32 Å². The lowest BCUT2D eigenvalue weighted by atomic mass is 10.1. The van der Waals surface area contributed by atoms with Gasteiger partial charge in [-0.2, -0.15) is 0 Å². The second-order valence-electron chi connectivity index (χ2n) is 3.65. The molecule has 1 aliphatic heterocycles. The van der Waals surface area contributed by atoms with E-state index in [1.54, 1.807) is 6.07 Å². The van der Waals surface area contributed by atoms with Gasteiger partial charge in [-0.05, 0) is 18.2 Å². The summed E-state index contributed by atoms with van der Waals surface area (Å²) in [6, 6.07) is 4.63. The van der Waals surface area contributed by atoms with Crippen molar-refractivity contribution in [2.45, 2.75) is 6.92 Å². The van der Waals surface area contributed by atoms with Gasteiger partial charge < -0.3 is 10.1 Å². The SMILES string of the molecule is CC(=O)NCC#Cc1ccc2c(c1)C(=O)OC2=O. The molecule has 90 valence electrons. The number of hydrogen-bond acceptors (Lipinski definition) is 4. The number of nitrogens with one attached hydrogen (secondary N) is 1. The van der Waals surface area contributed by atoms with E-state index in [-0.39, 0.29) is 23.6 Å². The number of fused-ring (bicyclic) bond motifs is 1. The summed E-state index contributed by atoms with van der Waals surface area (Å²) >= 11 is 0. The van der Waals surface area contributed by atoms with Crippen molar-refractivity contribution in [3.05, 3.63) is 34.9 Å². The van der Waals surface area contributed by atoms with Gasteiger partial charge in [0.1, 0.15) is 0 Å². The molecule has 1 heterocycles. The summed E-state index contributed by atoms with van der Waals surface area (Å²) < 4.78 is 4.46. The Morgan fingerprint density at radius 2 is 2.00 bits per heavy atom. The lowest BCUT2D eigenvalue weighted by Gasteiger charge is -1.94. The number of ether oxygens (including phenoxy) is 1. The second kappa shape index (κ2) is 4.72. The first-order chi connectivity index (χ1) is 8.58. The molecule has 0 saturated carbocycles. The molecule has 0 radical (unpaired) electrons. The van der Waals surface area contributed by atoms with Crippen LogP contribution in [0.2, 0.25) is 0 Å². The van der Waals surface area contributed by atoms with Gasteiger partial charge in [0, 0.05) is 12.5 Å². The summed E-state index contributed by atoms with van der Waals surface area (Å²) in [5, 5.41) is 2.53. The molecule has 5 nitrogen and oxygen atoms in total. The van der Waals surface area contributed by atoms with Crippen LogP contribution in [0.3, 0.4) is 0 Å². The highest BCUT2D eigenvalue weighted by atomic mass is 16.6. The quantitative estimate of drug-likeness (QED) is 0.442. The van der Waals surface area contributed by atoms with E-state index < -0.39 is 11.9 Å². The second-order valence-corrected chi connectivity index (χ2v) is 3.65. The number of esters is 2. The van der Waals surface area contributed by atoms with E-state index in [1.165, 1.54) is 19.1 Å². The minimum absolute atomic E-state index is 0.160. The van der Waals surface area contributed by atoms with Gasteiger partial charge in [0.25, 0.3) is 0 Å². The number of amides is 1. The van der Waals surface area contributed by atoms with E-state index >= 15 is 0 Å². The lowest BCUT2D eigenvalue weighted by molar-refractivity contribution is -0.118. The summed E-state index contributed by atoms with van der Waals surface area (Å²) in [5.74, 6) is 4.07. The zero-order valence-electron chi connectivity index (χ0n) is 9.57. The molecule has 0 saturated heterocycles. The van der Waals surface area contributed by atoms with Gasteiger partial charge in [-0.3, -0.25) is 4.79 Å². The smallest absolute Gasteiger partial charge is 0.346 e. The highest BCUT2D eigenvalue weighted by molar-refractivity contribution is 6.14. The molecule has 1 N–H and O–H groups in total. The molecule has 2 rings (SSSR count). The molecule has 0 aromatic heterocycles. The molecule has 0 fully saturated rings. The van der Waals surface area contributed by atoms with E-state index in [1.807, 2.05) is 0 Å². The maximum atomic E-state index is 11.3. The van der Waals surface area contributed by atoms with Crippen LogP contribution in [0, 0.1) is 11.8 Å². The zero-order valence-corrected chi connectivity index (χ0v) is 9.57. The minimum Gasteiger partial charge on any atom is -0.386 e. The van der Waals surface area contributed by atoms with Gasteiger partial charge in [-0.25, -0.2) is 9.59 Å². The van der Waals surface area contributed by atoms with E-state index in [0.29, 0.717) is 5.56 Å². The highest BCUT2D eigenvalue weighted by Crippen LogP contribution is 2.20. The largest absolute Gasteiger partial charge is 0.386 e. The molecule has 1 aromatic rings. The molecule has 1 amide bonds. The molecule has 1 aromatic carbocycles. The van der Waals surface area contributed by atoms with Crippen LogP contribution in [0.15, 0.2) is 18.2 Å². The van der Waals surface area contributed by atoms with Crippen LogP contribution in [0.4, 0.5) is 0 Å². The van der Waals surface area contributed by atoms with Crippen LogP contribution in [0.1, 0.15) is 33.2 Å². The third-order valence-electron chi connectivity index (χ3n) is 2.30. The Labute approximate surface area is 103 Å². The summed E-state index contributed by atoms with van der Waals surface area (Å²) in [4.78, 5) is 33.1. The number of benzene rings is 1. The van der Waals surface area contributed by atoms with Crippen molar-refractivity contribution in [3.8, 4) is 11.8 Å². The first-order valence-electron chi connectivity index (χ1n) is 5.22. The highest BCUT2D eigenvalue weighted by Gasteiger charge is 2.29. The molecule has 0 unspecified atom stereocenters. The third kappa shape index (κ3) is 2.38. The predicted octanol–water partition coefficient (Wildman–Crippen LogP) is 0.485. The van der Waals surface area contributed by atoms with E-state index in [2.05, 4.69) is 21.9 Å². The number of carbonyl (C=O) groups excluding carboxylic acids is 3. The van der Waals surface area contributed by atoms with Gasteiger partial charge in [0.2, 0.25) is 5.91 Å². The average Bonchev–Trinajstić information content (AvgIpc) is 2.60. The third-order valence-corrected chi connectivity index (χ3v) is 2.30. The predicted molar refractivity (Wildman–Crippen MR) is 61.7 cm³/mol. The maximum Gasteiger partial charge on any atom is 0.346 e. The van der Waals surface area contributed by atoms with Gasteiger partial charge >= 0.3 is 11.9 Å². The standard InChI is InChI=1S/C13H9NO4/c1-8(15)14-6-2-3-9-4-5-10-11(7-9)13(17)18-12(10)16/h4-5,7H,6H2,1H3,(H,14,15). The van der Waals surface area contributed by atoms with Crippen molar-refractivity contribution < 1.29 is 19.1 Å². The zero-order chi connectivity index (χ0) is 13.1. The first-order valence-corrected chi connectivity index (χ1v) is 5.22. The van der Waals surface area contributed by atoms with Crippen molar-refractivity contribution >= 4 is 17.8 Å². The monoisotopic (exact) mass is 243 g/mol. The Kier molecular flexibility index (Phi) is 3.11. The number of hydrogen-bond donors (Lipinski definition) is 1. The lowest BCUT2D eigenvalue weighted by Crippen LogP contribution is -2.19. The fraction of sp³-hybridized carbons (Fsp3) is 0.154. The summed E-state index contributed by atoms with van der Waals surface area (Å²) in [5.41, 5.74) is 1.07. The number of carbonyl (C=O) groups is 3. The van der Waals surface area contributed by atoms with E-state index in [9.17, 15) is 14.4 Å². The molecular weight excluding hydrogens is 234 g/mol. The van der Waals surface area contributed by atoms with Gasteiger partial charge in [-0.1, -0.05) is 11.8 Å². The molecule has 0 atom stereocenters. The van der Waals surface area contributed by atoms with Crippen molar-refractivity contribution in [1.82, 2.24) is 5.32 Å². The van der Waals surface area contributed by atoms with Crippen molar-refractivity contribution in [2.75, 3.05) is 6.54 Å². The van der Waals surface area contributed by atoms with Crippen LogP contribution in [-0.2, 0) is 9.53 Å². The average molecular weight is 243 g/mol. The number of rotatable bonds is 1. The molecular formula is C13H9NO4. The van der Waals surface area contributed by atoms with Crippen LogP contribution in [-0.4, -0.2) is 24.4 Å². The van der Waals surface area contributed by atoms with Gasteiger partial charge in [0.05, 0.1) is 17.7 Å². The Bertz CT molecular complexity index is 607. The fourth-order valence-corrected chi connectivity index (χ4v) is 1.48. The Balaban J connectivity index is 2.17. The van der Waals surface area contributed by atoms with Crippen molar-refractivity contribution in [1.29, 1.82) is 0 Å². The Hall–Kier alpha value is -2.61. The van der Waals surface area contributed by atoms with E-state index in [4.69, 9.17) is 0 Å². The Morgan fingerprint density at radius 1 is 1.28 bits per heavy atom. The summed E-state index contributed by atoms with van der Waals surface area (Å²) in [6.45, 7) is 1.63. The minimum atomic E-state index is -0.652. The Morgan fingerprint density at radius 3 is 2.72 bits per heavy atom. The van der Waals surface area contributed by atoms with Crippen LogP contribution in [0.25, 0.3) is 0 Å². The summed E-state index contributed by atoms with van der Waals surface area (Å²) in [7, 11) is 0. The number of cyclic esters (lactones) is 2. The van der Waals surface area contributed by atoms with Gasteiger partial charge in [-0.15, -0.1) is 0 Å². The van der Waals surface area contributed by atoms with Crippen LogP contribution >= 0.6 is 0 Å². The van der Waals surface area contributed by atoms with Gasteiger partial charge in [0.15, 0.2) is 0 Å². The van der Waals surface area contributed by atoms with Crippen molar-refractivity contribution in [2.24, 2.45) is 0 Å². The molecule has 5 heteroatoms. The molecule has 0 bridgehead atoms. The first kappa shape index (κ1) is 11.9. The molecule has 0 spiro atoms. The van der Waals surface area contributed by atoms with E-state index in [0.717, 1.165) is 0 Å². The fourth-order valence-electron chi connectivity index (χ4n) is 1.48. The molecule has 1 aliphatic rings. The normalized spacial score (nSPS) is 12.3. The van der Waals surface area contributed by atoms with Crippen molar-refractivity contribution in [3.63, 3.8) is 0 Å². The topological polar surface area (TPSA) is 72.5 Å². The molecule has 18 heavy (non-hydrogen) atoms. The molecule has 0 aliphatic carbocycles. The summed E-state index contributed by atoms with van der Waals surface area (Å²) in [6.07, 6.45) is 0.